The monoisotopic (exact) mass is 256 g/mol. The minimum absolute atomic E-state index is 0.256. The second kappa shape index (κ2) is 6.53. The van der Waals surface area contributed by atoms with Crippen molar-refractivity contribution in [3.05, 3.63) is 18.0 Å². The molecule has 18 heavy (non-hydrogen) atoms. The van der Waals surface area contributed by atoms with Gasteiger partial charge >= 0.3 is 0 Å². The third kappa shape index (κ3) is 3.83. The summed E-state index contributed by atoms with van der Waals surface area (Å²) in [5.74, 6) is 1.18. The molecule has 0 aromatic carbocycles. The Bertz CT molecular complexity index is 382. The van der Waals surface area contributed by atoms with Gasteiger partial charge in [-0.3, -0.25) is 4.98 Å². The van der Waals surface area contributed by atoms with Crippen molar-refractivity contribution >= 4 is 0 Å². The smallest absolute Gasteiger partial charge is 0.183 e. The molecule has 1 unspecified atom stereocenters. The van der Waals surface area contributed by atoms with Crippen molar-refractivity contribution in [3.63, 3.8) is 0 Å². The molecule has 0 radical (unpaired) electrons. The summed E-state index contributed by atoms with van der Waals surface area (Å²) in [6.07, 6.45) is 1.63. The van der Waals surface area contributed by atoms with E-state index in [4.69, 9.17) is 14.6 Å². The van der Waals surface area contributed by atoms with Gasteiger partial charge in [0.25, 0.3) is 0 Å². The quantitative estimate of drug-likeness (QED) is 0.633. The molecule has 0 spiro atoms. The Balaban J connectivity index is 2.67. The summed E-state index contributed by atoms with van der Waals surface area (Å²) in [5, 5.41) is 21.6. The fourth-order valence-corrected chi connectivity index (χ4v) is 1.48. The lowest BCUT2D eigenvalue weighted by Gasteiger charge is -2.21. The Kier molecular flexibility index (Phi) is 5.33. The highest BCUT2D eigenvalue weighted by molar-refractivity contribution is 5.42. The average Bonchev–Trinajstić information content (AvgIpc) is 2.38. The lowest BCUT2D eigenvalue weighted by Crippen LogP contribution is -2.40. The molecule has 0 saturated heterocycles. The normalized spacial score (nSPS) is 14.1. The molecule has 6 heteroatoms. The predicted octanol–water partition coefficient (Wildman–Crippen LogP) is -0.0683. The molecule has 0 bridgehead atoms. The first-order valence-corrected chi connectivity index (χ1v) is 5.64. The van der Waals surface area contributed by atoms with Gasteiger partial charge in [0.15, 0.2) is 11.5 Å². The van der Waals surface area contributed by atoms with E-state index in [0.717, 1.165) is 0 Å². The van der Waals surface area contributed by atoms with Crippen molar-refractivity contribution in [3.8, 4) is 11.5 Å². The van der Waals surface area contributed by atoms with Gasteiger partial charge in [0.1, 0.15) is 0 Å². The summed E-state index contributed by atoms with van der Waals surface area (Å²) in [6, 6.07) is 1.71. The van der Waals surface area contributed by atoms with Crippen LogP contribution in [0.2, 0.25) is 0 Å². The third-order valence-electron chi connectivity index (χ3n) is 2.51. The molecule has 102 valence electrons. The van der Waals surface area contributed by atoms with Gasteiger partial charge in [-0.15, -0.1) is 0 Å². The number of aliphatic hydroxyl groups excluding tert-OH is 1. The van der Waals surface area contributed by atoms with Crippen molar-refractivity contribution in [2.45, 2.75) is 19.1 Å². The third-order valence-corrected chi connectivity index (χ3v) is 2.51. The lowest BCUT2D eigenvalue weighted by molar-refractivity contribution is 0.00245. The van der Waals surface area contributed by atoms with Crippen LogP contribution in [0.25, 0.3) is 0 Å². The van der Waals surface area contributed by atoms with E-state index < -0.39 is 5.60 Å². The van der Waals surface area contributed by atoms with E-state index in [-0.39, 0.29) is 13.2 Å². The molecular weight excluding hydrogens is 236 g/mol. The number of ether oxygens (including phenoxy) is 2. The van der Waals surface area contributed by atoms with Crippen molar-refractivity contribution in [1.82, 2.24) is 10.3 Å². The first-order valence-electron chi connectivity index (χ1n) is 5.64. The van der Waals surface area contributed by atoms with Gasteiger partial charge in [-0.25, -0.2) is 0 Å². The highest BCUT2D eigenvalue weighted by Crippen LogP contribution is 2.28. The Hall–Kier alpha value is -1.37. The fraction of sp³-hybridized carbons (Fsp3) is 0.583. The highest BCUT2D eigenvalue weighted by atomic mass is 16.5. The van der Waals surface area contributed by atoms with E-state index in [1.807, 2.05) is 0 Å². The maximum absolute atomic E-state index is 9.64. The average molecular weight is 256 g/mol. The van der Waals surface area contributed by atoms with Crippen LogP contribution in [-0.4, -0.2) is 48.2 Å². The van der Waals surface area contributed by atoms with Gasteiger partial charge in [-0.05, 0) is 6.92 Å². The van der Waals surface area contributed by atoms with E-state index in [0.29, 0.717) is 23.7 Å². The number of methoxy groups -OCH3 is 2. The van der Waals surface area contributed by atoms with Crippen LogP contribution >= 0.6 is 0 Å². The lowest BCUT2D eigenvalue weighted by atomic mass is 10.1. The number of hydrogen-bond donors (Lipinski definition) is 3. The maximum Gasteiger partial charge on any atom is 0.183 e. The summed E-state index contributed by atoms with van der Waals surface area (Å²) in [6.45, 7) is 1.92. The molecule has 1 aromatic heterocycles. The van der Waals surface area contributed by atoms with Crippen LogP contribution in [0.3, 0.4) is 0 Å². The number of hydrogen-bond acceptors (Lipinski definition) is 6. The largest absolute Gasteiger partial charge is 0.493 e. The number of nitrogens with zero attached hydrogens (tertiary/aromatic N) is 1. The molecule has 3 N–H and O–H groups in total. The SMILES string of the molecule is COc1ccnc(CNCC(C)(O)CO)c1OC. The van der Waals surface area contributed by atoms with Gasteiger partial charge in [-0.1, -0.05) is 0 Å². The van der Waals surface area contributed by atoms with Crippen LogP contribution in [0.4, 0.5) is 0 Å². The van der Waals surface area contributed by atoms with Gasteiger partial charge < -0.3 is 25.0 Å². The summed E-state index contributed by atoms with van der Waals surface area (Å²) in [5.41, 5.74) is -0.461. The minimum Gasteiger partial charge on any atom is -0.493 e. The summed E-state index contributed by atoms with van der Waals surface area (Å²) in [7, 11) is 3.11. The van der Waals surface area contributed by atoms with Crippen LogP contribution in [0.1, 0.15) is 12.6 Å². The van der Waals surface area contributed by atoms with Gasteiger partial charge in [0.2, 0.25) is 0 Å². The molecule has 0 aliphatic rings. The van der Waals surface area contributed by atoms with Crippen molar-refractivity contribution in [2.24, 2.45) is 0 Å². The van der Waals surface area contributed by atoms with E-state index in [2.05, 4.69) is 10.3 Å². The van der Waals surface area contributed by atoms with Crippen LogP contribution in [-0.2, 0) is 6.54 Å². The zero-order valence-corrected chi connectivity index (χ0v) is 10.9. The molecule has 0 amide bonds. The number of pyridine rings is 1. The number of rotatable bonds is 7. The van der Waals surface area contributed by atoms with Gasteiger partial charge in [0.05, 0.1) is 32.1 Å². The summed E-state index contributed by atoms with van der Waals surface area (Å²) >= 11 is 0. The zero-order chi connectivity index (χ0) is 13.6. The molecule has 6 nitrogen and oxygen atoms in total. The number of aliphatic hydroxyl groups is 2. The van der Waals surface area contributed by atoms with Crippen molar-refractivity contribution in [1.29, 1.82) is 0 Å². The van der Waals surface area contributed by atoms with E-state index in [1.54, 1.807) is 33.4 Å². The Morgan fingerprint density at radius 2 is 2.11 bits per heavy atom. The zero-order valence-electron chi connectivity index (χ0n) is 10.9. The second-order valence-corrected chi connectivity index (χ2v) is 4.25. The number of aromatic nitrogens is 1. The molecule has 1 atom stereocenters. The molecule has 0 fully saturated rings. The molecule has 0 aliphatic heterocycles. The van der Waals surface area contributed by atoms with E-state index in [9.17, 15) is 5.11 Å². The number of nitrogens with one attached hydrogen (secondary N) is 1. The molecular formula is C12H20N2O4. The highest BCUT2D eigenvalue weighted by Gasteiger charge is 2.19. The summed E-state index contributed by atoms with van der Waals surface area (Å²) < 4.78 is 10.4. The fourth-order valence-electron chi connectivity index (χ4n) is 1.48. The Morgan fingerprint density at radius 3 is 2.67 bits per heavy atom. The molecule has 1 aromatic rings. The van der Waals surface area contributed by atoms with Crippen molar-refractivity contribution < 1.29 is 19.7 Å². The van der Waals surface area contributed by atoms with Crippen LogP contribution in [0.15, 0.2) is 12.3 Å². The Morgan fingerprint density at radius 1 is 1.39 bits per heavy atom. The van der Waals surface area contributed by atoms with Crippen molar-refractivity contribution in [2.75, 3.05) is 27.4 Å². The van der Waals surface area contributed by atoms with Gasteiger partial charge in [-0.2, -0.15) is 0 Å². The van der Waals surface area contributed by atoms with E-state index >= 15 is 0 Å². The van der Waals surface area contributed by atoms with Crippen LogP contribution in [0, 0.1) is 0 Å². The minimum atomic E-state index is -1.15. The second-order valence-electron chi connectivity index (χ2n) is 4.25. The maximum atomic E-state index is 9.64. The Labute approximate surface area is 107 Å². The predicted molar refractivity (Wildman–Crippen MR) is 66.8 cm³/mol. The van der Waals surface area contributed by atoms with E-state index in [1.165, 1.54) is 0 Å². The first kappa shape index (κ1) is 14.7. The molecule has 0 saturated carbocycles. The molecule has 1 rings (SSSR count). The molecule has 1 heterocycles. The topological polar surface area (TPSA) is 83.8 Å². The molecule has 0 aliphatic carbocycles. The summed E-state index contributed by atoms with van der Waals surface area (Å²) in [4.78, 5) is 4.19. The standard InChI is InChI=1S/C12H20N2O4/c1-12(16,8-15)7-13-6-9-11(18-3)10(17-2)4-5-14-9/h4-5,13,15-16H,6-8H2,1-3H3. The van der Waals surface area contributed by atoms with Crippen LogP contribution < -0.4 is 14.8 Å². The van der Waals surface area contributed by atoms with Gasteiger partial charge in [0, 0.05) is 25.4 Å². The first-order chi connectivity index (χ1) is 8.54. The van der Waals surface area contributed by atoms with Crippen LogP contribution in [0.5, 0.6) is 11.5 Å².